The van der Waals surface area contributed by atoms with Crippen LogP contribution < -0.4 is 0 Å². The Hall–Kier alpha value is -0.900. The fourth-order valence-electron chi connectivity index (χ4n) is 3.75. The second-order valence-electron chi connectivity index (χ2n) is 6.97. The monoisotopic (exact) mass is 277 g/mol. The molecule has 0 spiro atoms. The van der Waals surface area contributed by atoms with Crippen molar-refractivity contribution in [3.63, 3.8) is 0 Å². The first-order valence-electron chi connectivity index (χ1n) is 8.12. The Balaban J connectivity index is 1.65. The van der Waals surface area contributed by atoms with Crippen LogP contribution in [-0.2, 0) is 17.6 Å². The fraction of sp³-hybridized carbons (Fsp3) is 0.875. The van der Waals surface area contributed by atoms with Crippen molar-refractivity contribution in [2.45, 2.75) is 65.5 Å². The van der Waals surface area contributed by atoms with Crippen molar-refractivity contribution < 1.29 is 4.74 Å². The van der Waals surface area contributed by atoms with Gasteiger partial charge in [0.25, 0.3) is 0 Å². The molecule has 0 aliphatic heterocycles. The number of hydrogen-bond acceptors (Lipinski definition) is 3. The van der Waals surface area contributed by atoms with E-state index in [2.05, 4.69) is 42.7 Å². The first kappa shape index (κ1) is 14.1. The molecule has 0 N–H and O–H groups in total. The van der Waals surface area contributed by atoms with Crippen LogP contribution in [0.15, 0.2) is 0 Å². The summed E-state index contributed by atoms with van der Waals surface area (Å²) in [5.74, 6) is 2.53. The second-order valence-corrected chi connectivity index (χ2v) is 6.97. The molecule has 3 unspecified atom stereocenters. The summed E-state index contributed by atoms with van der Waals surface area (Å²) in [5.41, 5.74) is 2.63. The molecular weight excluding hydrogens is 250 g/mol. The molecule has 0 saturated heterocycles. The Morgan fingerprint density at radius 1 is 1.15 bits per heavy atom. The highest BCUT2D eigenvalue weighted by Gasteiger charge is 2.49. The van der Waals surface area contributed by atoms with Gasteiger partial charge >= 0.3 is 0 Å². The summed E-state index contributed by atoms with van der Waals surface area (Å²) in [4.78, 5) is 0. The summed E-state index contributed by atoms with van der Waals surface area (Å²) in [6.07, 6.45) is 5.14. The average Bonchev–Trinajstić information content (AvgIpc) is 2.85. The third-order valence-electron chi connectivity index (χ3n) is 4.92. The Kier molecular flexibility index (Phi) is 3.85. The zero-order chi connectivity index (χ0) is 14.3. The molecule has 1 aromatic heterocycles. The van der Waals surface area contributed by atoms with Gasteiger partial charge in [-0.3, -0.25) is 0 Å². The van der Waals surface area contributed by atoms with Crippen LogP contribution in [0.25, 0.3) is 0 Å². The van der Waals surface area contributed by atoms with Gasteiger partial charge in [0.1, 0.15) is 0 Å². The number of aromatic nitrogens is 3. The fourth-order valence-corrected chi connectivity index (χ4v) is 3.75. The Morgan fingerprint density at radius 3 is 2.50 bits per heavy atom. The number of aryl methyl sites for hydroxylation is 1. The van der Waals surface area contributed by atoms with Crippen molar-refractivity contribution in [1.29, 1.82) is 0 Å². The maximum Gasteiger partial charge on any atom is 0.0859 e. The van der Waals surface area contributed by atoms with Crippen molar-refractivity contribution in [3.8, 4) is 0 Å². The largest absolute Gasteiger partial charge is 0.378 e. The van der Waals surface area contributed by atoms with Gasteiger partial charge in [0.2, 0.25) is 0 Å². The molecule has 112 valence electrons. The van der Waals surface area contributed by atoms with Crippen LogP contribution in [-0.4, -0.2) is 27.7 Å². The smallest absolute Gasteiger partial charge is 0.0859 e. The number of rotatable bonds is 4. The van der Waals surface area contributed by atoms with Crippen LogP contribution in [0.4, 0.5) is 0 Å². The van der Waals surface area contributed by atoms with Crippen molar-refractivity contribution in [2.75, 3.05) is 6.61 Å². The number of ether oxygens (including phenoxy) is 1. The summed E-state index contributed by atoms with van der Waals surface area (Å²) in [6, 6.07) is 0.417. The van der Waals surface area contributed by atoms with E-state index < -0.39 is 0 Å². The van der Waals surface area contributed by atoms with E-state index in [1.54, 1.807) is 0 Å². The number of nitrogens with zero attached hydrogens (tertiary/aromatic N) is 3. The van der Waals surface area contributed by atoms with Gasteiger partial charge in [-0.15, -0.1) is 5.10 Å². The molecule has 1 aromatic rings. The van der Waals surface area contributed by atoms with Crippen LogP contribution in [0.2, 0.25) is 0 Å². The van der Waals surface area contributed by atoms with Crippen molar-refractivity contribution >= 4 is 0 Å². The second kappa shape index (κ2) is 5.47. The van der Waals surface area contributed by atoms with Gasteiger partial charge in [0.15, 0.2) is 0 Å². The van der Waals surface area contributed by atoms with Gasteiger partial charge in [0, 0.05) is 6.04 Å². The van der Waals surface area contributed by atoms with E-state index in [1.807, 2.05) is 0 Å². The minimum atomic E-state index is 0.357. The zero-order valence-corrected chi connectivity index (χ0v) is 13.2. The van der Waals surface area contributed by atoms with Crippen molar-refractivity contribution in [2.24, 2.45) is 17.8 Å². The first-order valence-corrected chi connectivity index (χ1v) is 8.12. The highest BCUT2D eigenvalue weighted by molar-refractivity contribution is 5.15. The van der Waals surface area contributed by atoms with E-state index in [0.717, 1.165) is 37.2 Å². The van der Waals surface area contributed by atoms with Crippen LogP contribution >= 0.6 is 0 Å². The molecule has 1 fully saturated rings. The molecule has 1 heterocycles. The molecule has 20 heavy (non-hydrogen) atoms. The first-order chi connectivity index (χ1) is 9.58. The lowest BCUT2D eigenvalue weighted by Gasteiger charge is -2.12. The number of hydrogen-bond donors (Lipinski definition) is 0. The predicted molar refractivity (Wildman–Crippen MR) is 78.6 cm³/mol. The molecule has 0 aromatic carbocycles. The van der Waals surface area contributed by atoms with Crippen LogP contribution in [0.1, 0.15) is 58.0 Å². The normalized spacial score (nSPS) is 29.0. The van der Waals surface area contributed by atoms with Gasteiger partial charge < -0.3 is 4.74 Å². The Bertz CT molecular complexity index is 466. The maximum atomic E-state index is 5.83. The van der Waals surface area contributed by atoms with E-state index >= 15 is 0 Å². The summed E-state index contributed by atoms with van der Waals surface area (Å²) in [5, 5.41) is 8.75. The van der Waals surface area contributed by atoms with E-state index in [1.165, 1.54) is 24.2 Å². The predicted octanol–water partition coefficient (Wildman–Crippen LogP) is 3.03. The molecule has 2 aliphatic rings. The van der Waals surface area contributed by atoms with Gasteiger partial charge in [-0.2, -0.15) is 0 Å². The van der Waals surface area contributed by atoms with Gasteiger partial charge in [0.05, 0.1) is 24.1 Å². The minimum absolute atomic E-state index is 0.357. The quantitative estimate of drug-likeness (QED) is 0.849. The lowest BCUT2D eigenvalue weighted by atomic mass is 10.0. The molecule has 3 atom stereocenters. The molecule has 0 radical (unpaired) electrons. The molecule has 4 nitrogen and oxygen atoms in total. The van der Waals surface area contributed by atoms with Crippen molar-refractivity contribution in [3.05, 3.63) is 11.4 Å². The van der Waals surface area contributed by atoms with E-state index in [0.29, 0.717) is 12.1 Å². The third-order valence-corrected chi connectivity index (χ3v) is 4.92. The Morgan fingerprint density at radius 2 is 1.85 bits per heavy atom. The lowest BCUT2D eigenvalue weighted by Crippen LogP contribution is -2.10. The van der Waals surface area contributed by atoms with E-state index in [9.17, 15) is 0 Å². The standard InChI is InChI=1S/C16H27N3O/c1-10(2)19-16-8-6-13-12(5-7-15(16)17-18-19)14(13)9-20-11(3)4/h10-14H,5-9H2,1-4H3. The highest BCUT2D eigenvalue weighted by atomic mass is 16.5. The van der Waals surface area contributed by atoms with Crippen LogP contribution in [0.5, 0.6) is 0 Å². The molecule has 2 aliphatic carbocycles. The third kappa shape index (κ3) is 2.62. The molecule has 3 rings (SSSR count). The lowest BCUT2D eigenvalue weighted by molar-refractivity contribution is 0.0656. The molecule has 0 bridgehead atoms. The van der Waals surface area contributed by atoms with Crippen LogP contribution in [0.3, 0.4) is 0 Å². The summed E-state index contributed by atoms with van der Waals surface area (Å²) < 4.78 is 7.95. The van der Waals surface area contributed by atoms with Crippen LogP contribution in [0, 0.1) is 17.8 Å². The number of fused-ring (bicyclic) bond motifs is 2. The molecular formula is C16H27N3O. The molecule has 4 heteroatoms. The maximum absolute atomic E-state index is 5.83. The minimum Gasteiger partial charge on any atom is -0.378 e. The van der Waals surface area contributed by atoms with Gasteiger partial charge in [-0.25, -0.2) is 4.68 Å². The highest BCUT2D eigenvalue weighted by Crippen LogP contribution is 2.53. The topological polar surface area (TPSA) is 39.9 Å². The van der Waals surface area contributed by atoms with E-state index in [-0.39, 0.29) is 0 Å². The van der Waals surface area contributed by atoms with E-state index in [4.69, 9.17) is 4.74 Å². The Labute approximate surface area is 121 Å². The summed E-state index contributed by atoms with van der Waals surface area (Å²) in [6.45, 7) is 9.58. The zero-order valence-electron chi connectivity index (χ0n) is 13.2. The van der Waals surface area contributed by atoms with Gasteiger partial charge in [-0.05, 0) is 71.1 Å². The van der Waals surface area contributed by atoms with Crippen molar-refractivity contribution in [1.82, 2.24) is 15.0 Å². The molecule has 1 saturated carbocycles. The summed E-state index contributed by atoms with van der Waals surface area (Å²) in [7, 11) is 0. The van der Waals surface area contributed by atoms with Gasteiger partial charge in [-0.1, -0.05) is 5.21 Å². The summed E-state index contributed by atoms with van der Waals surface area (Å²) >= 11 is 0. The SMILES string of the molecule is CC(C)OCC1C2CCc3nnn(C(C)C)c3CCC21. The molecule has 0 amide bonds. The average molecular weight is 277 g/mol.